The van der Waals surface area contributed by atoms with Crippen LogP contribution in [0.15, 0.2) is 48.1 Å². The minimum absolute atomic E-state index is 0.0435. The molecule has 4 unspecified atom stereocenters. The van der Waals surface area contributed by atoms with Crippen molar-refractivity contribution in [1.29, 1.82) is 0 Å². The van der Waals surface area contributed by atoms with Gasteiger partial charge < -0.3 is 4.74 Å². The molecule has 0 radical (unpaired) electrons. The standard InChI is InChI=1S/C45H74O2/c1-7-8-9-10-11-12-13-14-15-16-17-18-19-20-21-25-43(46)47-38-30-32-44(5)37(34-38)26-27-39-41-29-28-40(36(4)24-22-23-35(2)3)45(41,6)33-31-42(39)44/h8-9,11-12,14-15,26,35-36,38-42H,7,10,13,16-25,27-34H2,1-6H3/b9-8-,12-11-,15-14-/t36?,38-,39?,40+,41?,42?,44-,45+/m0/s1. The summed E-state index contributed by atoms with van der Waals surface area (Å²) in [5.41, 5.74) is 2.51. The molecule has 0 aromatic heterocycles. The summed E-state index contributed by atoms with van der Waals surface area (Å²) >= 11 is 0. The lowest BCUT2D eigenvalue weighted by Gasteiger charge is -2.58. The molecular weight excluding hydrogens is 572 g/mol. The molecule has 0 bridgehead atoms. The van der Waals surface area contributed by atoms with Gasteiger partial charge in [-0.2, -0.15) is 0 Å². The summed E-state index contributed by atoms with van der Waals surface area (Å²) < 4.78 is 6.12. The van der Waals surface area contributed by atoms with Crippen LogP contribution in [0.4, 0.5) is 0 Å². The van der Waals surface area contributed by atoms with Crippen molar-refractivity contribution in [3.63, 3.8) is 0 Å². The second-order valence-corrected chi connectivity index (χ2v) is 17.2. The van der Waals surface area contributed by atoms with Gasteiger partial charge in [0.05, 0.1) is 0 Å². The van der Waals surface area contributed by atoms with Gasteiger partial charge in [-0.25, -0.2) is 0 Å². The number of allylic oxidation sites excluding steroid dienone is 7. The summed E-state index contributed by atoms with van der Waals surface area (Å²) in [7, 11) is 0. The Hall–Kier alpha value is -1.57. The number of carbonyl (C=O) groups is 1. The molecule has 0 heterocycles. The summed E-state index contributed by atoms with van der Waals surface area (Å²) in [5, 5.41) is 0. The highest BCUT2D eigenvalue weighted by molar-refractivity contribution is 5.69. The Labute approximate surface area is 291 Å². The molecular formula is C45H74O2. The van der Waals surface area contributed by atoms with Crippen molar-refractivity contribution in [2.75, 3.05) is 0 Å². The molecule has 0 saturated heterocycles. The molecule has 4 aliphatic rings. The lowest BCUT2D eigenvalue weighted by atomic mass is 9.47. The van der Waals surface area contributed by atoms with Gasteiger partial charge in [-0.15, -0.1) is 0 Å². The Morgan fingerprint density at radius 1 is 0.830 bits per heavy atom. The SMILES string of the molecule is CC/C=C\C/C=C\C/C=C\CCCCCCCC(=O)O[C@H]1CC[C@@]2(C)C(=CCC3C2CC[C@@]2(C)C3CC[C@@H]2C(C)CCCC(C)C)C1. The molecule has 4 rings (SSSR count). The third-order valence-corrected chi connectivity index (χ3v) is 13.6. The van der Waals surface area contributed by atoms with Gasteiger partial charge in [-0.3, -0.25) is 4.79 Å². The van der Waals surface area contributed by atoms with E-state index in [4.69, 9.17) is 4.74 Å². The number of hydrogen-bond acceptors (Lipinski definition) is 2. The van der Waals surface area contributed by atoms with E-state index in [1.54, 1.807) is 5.57 Å². The normalized spacial score (nSPS) is 32.9. The molecule has 3 fully saturated rings. The van der Waals surface area contributed by atoms with Gasteiger partial charge in [-0.1, -0.05) is 128 Å². The van der Waals surface area contributed by atoms with Crippen molar-refractivity contribution in [3.8, 4) is 0 Å². The summed E-state index contributed by atoms with van der Waals surface area (Å²) in [6, 6.07) is 0. The zero-order valence-electron chi connectivity index (χ0n) is 31.7. The monoisotopic (exact) mass is 647 g/mol. The van der Waals surface area contributed by atoms with Crippen LogP contribution < -0.4 is 0 Å². The second kappa shape index (κ2) is 19.0. The van der Waals surface area contributed by atoms with Crippen LogP contribution in [0.3, 0.4) is 0 Å². The molecule has 0 amide bonds. The first-order chi connectivity index (χ1) is 22.7. The predicted molar refractivity (Wildman–Crippen MR) is 202 cm³/mol. The van der Waals surface area contributed by atoms with Gasteiger partial charge >= 0.3 is 5.97 Å². The summed E-state index contributed by atoms with van der Waals surface area (Å²) in [6.45, 7) is 14.8. The predicted octanol–water partition coefficient (Wildman–Crippen LogP) is 13.5. The Bertz CT molecular complexity index is 1060. The molecule has 2 nitrogen and oxygen atoms in total. The summed E-state index contributed by atoms with van der Waals surface area (Å²) in [6.07, 6.45) is 41.7. The quantitative estimate of drug-likeness (QED) is 0.0793. The van der Waals surface area contributed by atoms with Crippen LogP contribution in [0.2, 0.25) is 0 Å². The van der Waals surface area contributed by atoms with Crippen molar-refractivity contribution in [2.24, 2.45) is 46.3 Å². The maximum absolute atomic E-state index is 12.8. The highest BCUT2D eigenvalue weighted by atomic mass is 16.5. The molecule has 47 heavy (non-hydrogen) atoms. The molecule has 266 valence electrons. The van der Waals surface area contributed by atoms with Crippen LogP contribution in [0, 0.1) is 46.3 Å². The van der Waals surface area contributed by atoms with Gasteiger partial charge in [-0.05, 0) is 130 Å². The van der Waals surface area contributed by atoms with E-state index >= 15 is 0 Å². The average molecular weight is 647 g/mol. The zero-order valence-corrected chi connectivity index (χ0v) is 31.7. The van der Waals surface area contributed by atoms with E-state index in [9.17, 15) is 4.79 Å². The number of rotatable bonds is 19. The molecule has 0 N–H and O–H groups in total. The number of ether oxygens (including phenoxy) is 1. The minimum Gasteiger partial charge on any atom is -0.462 e. The molecule has 0 aromatic rings. The lowest BCUT2D eigenvalue weighted by molar-refractivity contribution is -0.151. The number of unbranched alkanes of at least 4 members (excludes halogenated alkanes) is 5. The Kier molecular flexibility index (Phi) is 15.4. The van der Waals surface area contributed by atoms with Crippen LogP contribution in [0.5, 0.6) is 0 Å². The molecule has 2 heteroatoms. The van der Waals surface area contributed by atoms with Crippen LogP contribution in [-0.2, 0) is 9.53 Å². The fourth-order valence-electron chi connectivity index (χ4n) is 10.9. The maximum Gasteiger partial charge on any atom is 0.306 e. The van der Waals surface area contributed by atoms with Crippen LogP contribution in [-0.4, -0.2) is 12.1 Å². The van der Waals surface area contributed by atoms with E-state index in [0.717, 1.165) is 80.5 Å². The number of fused-ring (bicyclic) bond motifs is 5. The summed E-state index contributed by atoms with van der Waals surface area (Å²) in [5.74, 6) is 5.28. The molecule has 3 saturated carbocycles. The Balaban J connectivity index is 1.13. The number of carbonyl (C=O) groups excluding carboxylic acids is 1. The van der Waals surface area contributed by atoms with Crippen molar-refractivity contribution in [3.05, 3.63) is 48.1 Å². The molecule has 8 atom stereocenters. The van der Waals surface area contributed by atoms with Gasteiger partial charge in [0.15, 0.2) is 0 Å². The van der Waals surface area contributed by atoms with Gasteiger partial charge in [0.1, 0.15) is 6.10 Å². The third-order valence-electron chi connectivity index (χ3n) is 13.6. The van der Waals surface area contributed by atoms with Crippen molar-refractivity contribution < 1.29 is 9.53 Å². The van der Waals surface area contributed by atoms with Gasteiger partial charge in [0.2, 0.25) is 0 Å². The fourth-order valence-corrected chi connectivity index (χ4v) is 10.9. The van der Waals surface area contributed by atoms with E-state index in [2.05, 4.69) is 84.1 Å². The van der Waals surface area contributed by atoms with E-state index in [1.165, 1.54) is 83.5 Å². The number of esters is 1. The van der Waals surface area contributed by atoms with Crippen LogP contribution >= 0.6 is 0 Å². The smallest absolute Gasteiger partial charge is 0.306 e. The molecule has 4 aliphatic carbocycles. The van der Waals surface area contributed by atoms with E-state index in [1.807, 2.05) is 0 Å². The fraction of sp³-hybridized carbons (Fsp3) is 0.800. The van der Waals surface area contributed by atoms with Crippen molar-refractivity contribution in [1.82, 2.24) is 0 Å². The molecule has 0 spiro atoms. The Morgan fingerprint density at radius 2 is 1.55 bits per heavy atom. The van der Waals surface area contributed by atoms with E-state index in [-0.39, 0.29) is 12.1 Å². The third kappa shape index (κ3) is 10.5. The van der Waals surface area contributed by atoms with Gasteiger partial charge in [0.25, 0.3) is 0 Å². The molecule has 0 aromatic carbocycles. The lowest BCUT2D eigenvalue weighted by Crippen LogP contribution is -2.51. The Morgan fingerprint density at radius 3 is 2.32 bits per heavy atom. The first-order valence-corrected chi connectivity index (χ1v) is 20.5. The van der Waals surface area contributed by atoms with Crippen LogP contribution in [0.25, 0.3) is 0 Å². The highest BCUT2D eigenvalue weighted by Crippen LogP contribution is 2.67. The maximum atomic E-state index is 12.8. The van der Waals surface area contributed by atoms with Crippen LogP contribution in [0.1, 0.15) is 176 Å². The van der Waals surface area contributed by atoms with E-state index < -0.39 is 0 Å². The van der Waals surface area contributed by atoms with Crippen molar-refractivity contribution >= 4 is 5.97 Å². The van der Waals surface area contributed by atoms with Crippen molar-refractivity contribution in [2.45, 2.75) is 182 Å². The number of hydrogen-bond donors (Lipinski definition) is 0. The zero-order chi connectivity index (χ0) is 33.7. The van der Waals surface area contributed by atoms with Gasteiger partial charge in [0, 0.05) is 12.8 Å². The minimum atomic E-state index is 0.0435. The largest absolute Gasteiger partial charge is 0.462 e. The second-order valence-electron chi connectivity index (χ2n) is 17.2. The highest BCUT2D eigenvalue weighted by Gasteiger charge is 2.59. The first kappa shape index (κ1) is 38.2. The summed E-state index contributed by atoms with van der Waals surface area (Å²) in [4.78, 5) is 12.8. The van der Waals surface area contributed by atoms with E-state index in [0.29, 0.717) is 17.3 Å². The molecule has 0 aliphatic heterocycles. The first-order valence-electron chi connectivity index (χ1n) is 20.5. The average Bonchev–Trinajstić information content (AvgIpc) is 3.40. The topological polar surface area (TPSA) is 26.3 Å².